The van der Waals surface area contributed by atoms with Crippen LogP contribution in [0, 0.1) is 0 Å². The predicted molar refractivity (Wildman–Crippen MR) is 91.0 cm³/mol. The molecule has 3 aromatic rings. The Kier molecular flexibility index (Phi) is 5.02. The van der Waals surface area contributed by atoms with E-state index in [1.54, 1.807) is 24.3 Å². The number of phenolic OH excluding ortho intramolecular Hbond substituents is 1. The molecule has 0 saturated carbocycles. The van der Waals surface area contributed by atoms with E-state index in [1.165, 1.54) is 12.1 Å². The first-order valence-corrected chi connectivity index (χ1v) is 7.77. The summed E-state index contributed by atoms with van der Waals surface area (Å²) in [6.07, 6.45) is -4.86. The molecular weight excluding hydrogens is 345 g/mol. The maximum Gasteiger partial charge on any atom is 0.573 e. The van der Waals surface area contributed by atoms with Crippen molar-refractivity contribution in [1.82, 2.24) is 0 Å². The Bertz CT molecular complexity index is 877. The van der Waals surface area contributed by atoms with E-state index in [-0.39, 0.29) is 0 Å². The van der Waals surface area contributed by atoms with Gasteiger partial charge < -0.3 is 14.6 Å². The third-order valence-corrected chi connectivity index (χ3v) is 3.60. The lowest BCUT2D eigenvalue weighted by Gasteiger charge is -2.12. The van der Waals surface area contributed by atoms with Crippen molar-refractivity contribution < 1.29 is 27.8 Å². The Labute approximate surface area is 148 Å². The van der Waals surface area contributed by atoms with Gasteiger partial charge in [-0.2, -0.15) is 0 Å². The van der Waals surface area contributed by atoms with E-state index in [0.717, 1.165) is 11.6 Å². The first-order valence-electron chi connectivity index (χ1n) is 7.77. The smallest absolute Gasteiger partial charge is 0.504 e. The number of hydrogen-bond donors (Lipinski definition) is 1. The third kappa shape index (κ3) is 4.69. The molecule has 3 aromatic carbocycles. The van der Waals surface area contributed by atoms with Gasteiger partial charge in [-0.1, -0.05) is 48.5 Å². The highest BCUT2D eigenvalue weighted by molar-refractivity contribution is 5.68. The lowest BCUT2D eigenvalue weighted by Crippen LogP contribution is -2.17. The van der Waals surface area contributed by atoms with Crippen LogP contribution in [0.3, 0.4) is 0 Å². The molecule has 0 heterocycles. The molecule has 0 aromatic heterocycles. The Morgan fingerprint density at radius 1 is 0.808 bits per heavy atom. The molecule has 0 atom stereocenters. The molecule has 0 aliphatic rings. The van der Waals surface area contributed by atoms with Crippen LogP contribution in [0.5, 0.6) is 17.2 Å². The SMILES string of the molecule is Oc1cc(-c2cccc(OCc3ccccc3)c2)ccc1OC(F)(F)F. The lowest BCUT2D eigenvalue weighted by atomic mass is 10.0. The normalized spacial score (nSPS) is 11.2. The van der Waals surface area contributed by atoms with E-state index in [0.29, 0.717) is 23.5 Å². The Hall–Kier alpha value is -3.15. The molecule has 6 heteroatoms. The zero-order valence-electron chi connectivity index (χ0n) is 13.5. The van der Waals surface area contributed by atoms with Crippen molar-refractivity contribution in [1.29, 1.82) is 0 Å². The van der Waals surface area contributed by atoms with Crippen LogP contribution in [0.2, 0.25) is 0 Å². The minimum Gasteiger partial charge on any atom is -0.504 e. The molecule has 0 fully saturated rings. The molecule has 0 amide bonds. The van der Waals surface area contributed by atoms with Crippen LogP contribution in [0.25, 0.3) is 11.1 Å². The second kappa shape index (κ2) is 7.39. The summed E-state index contributed by atoms with van der Waals surface area (Å²) in [6.45, 7) is 0.397. The molecule has 0 bridgehead atoms. The third-order valence-electron chi connectivity index (χ3n) is 3.60. The van der Waals surface area contributed by atoms with Gasteiger partial charge in [0.15, 0.2) is 11.5 Å². The van der Waals surface area contributed by atoms with E-state index < -0.39 is 17.9 Å². The largest absolute Gasteiger partial charge is 0.573 e. The number of hydrogen-bond acceptors (Lipinski definition) is 3. The van der Waals surface area contributed by atoms with Gasteiger partial charge >= 0.3 is 6.36 Å². The number of phenols is 1. The quantitative estimate of drug-likeness (QED) is 0.650. The molecule has 1 N–H and O–H groups in total. The van der Waals surface area contributed by atoms with E-state index in [4.69, 9.17) is 4.74 Å². The molecule has 134 valence electrons. The molecule has 26 heavy (non-hydrogen) atoms. The van der Waals surface area contributed by atoms with E-state index >= 15 is 0 Å². The Morgan fingerprint density at radius 2 is 1.54 bits per heavy atom. The van der Waals surface area contributed by atoms with E-state index in [9.17, 15) is 18.3 Å². The van der Waals surface area contributed by atoms with Crippen LogP contribution >= 0.6 is 0 Å². The second-order valence-corrected chi connectivity index (χ2v) is 5.53. The topological polar surface area (TPSA) is 38.7 Å². The van der Waals surface area contributed by atoms with Gasteiger partial charge in [0.2, 0.25) is 0 Å². The first kappa shape index (κ1) is 17.7. The summed E-state index contributed by atoms with van der Waals surface area (Å²) in [6, 6.07) is 20.5. The first-order chi connectivity index (χ1) is 12.4. The summed E-state index contributed by atoms with van der Waals surface area (Å²) in [5.74, 6) is -0.616. The maximum absolute atomic E-state index is 12.3. The molecular formula is C20H15F3O3. The summed E-state index contributed by atoms with van der Waals surface area (Å²) in [5, 5.41) is 9.78. The number of alkyl halides is 3. The highest BCUT2D eigenvalue weighted by Gasteiger charge is 2.32. The van der Waals surface area contributed by atoms with Gasteiger partial charge in [-0.05, 0) is 41.0 Å². The Balaban J connectivity index is 1.76. The van der Waals surface area contributed by atoms with Crippen molar-refractivity contribution in [3.63, 3.8) is 0 Å². The van der Waals surface area contributed by atoms with Gasteiger partial charge in [0, 0.05) is 0 Å². The summed E-state index contributed by atoms with van der Waals surface area (Å²) >= 11 is 0. The molecule has 0 radical (unpaired) electrons. The minimum absolute atomic E-state index is 0.397. The zero-order valence-corrected chi connectivity index (χ0v) is 13.5. The number of aromatic hydroxyl groups is 1. The van der Waals surface area contributed by atoms with E-state index in [2.05, 4.69) is 4.74 Å². The van der Waals surface area contributed by atoms with Crippen molar-refractivity contribution >= 4 is 0 Å². The molecule has 0 spiro atoms. The van der Waals surface area contributed by atoms with Crippen molar-refractivity contribution in [2.45, 2.75) is 13.0 Å². The van der Waals surface area contributed by atoms with Crippen LogP contribution in [-0.4, -0.2) is 11.5 Å². The van der Waals surface area contributed by atoms with Crippen LogP contribution in [0.4, 0.5) is 13.2 Å². The average molecular weight is 360 g/mol. The van der Waals surface area contributed by atoms with E-state index in [1.807, 2.05) is 30.3 Å². The highest BCUT2D eigenvalue weighted by Crippen LogP contribution is 2.35. The summed E-state index contributed by atoms with van der Waals surface area (Å²) in [4.78, 5) is 0. The van der Waals surface area contributed by atoms with Gasteiger partial charge in [-0.25, -0.2) is 0 Å². The monoisotopic (exact) mass is 360 g/mol. The molecule has 3 nitrogen and oxygen atoms in total. The van der Waals surface area contributed by atoms with Crippen molar-refractivity contribution in [3.8, 4) is 28.4 Å². The standard InChI is InChI=1S/C20H15F3O3/c21-20(22,23)26-19-10-9-16(12-18(19)24)15-7-4-8-17(11-15)25-13-14-5-2-1-3-6-14/h1-12,24H,13H2. The molecule has 0 unspecified atom stereocenters. The zero-order chi connectivity index (χ0) is 18.6. The van der Waals surface area contributed by atoms with Gasteiger partial charge in [0.05, 0.1) is 0 Å². The molecule has 0 saturated heterocycles. The van der Waals surface area contributed by atoms with Gasteiger partial charge in [0.1, 0.15) is 12.4 Å². The van der Waals surface area contributed by atoms with Crippen LogP contribution < -0.4 is 9.47 Å². The Morgan fingerprint density at radius 3 is 2.23 bits per heavy atom. The number of halogens is 3. The fourth-order valence-corrected chi connectivity index (χ4v) is 2.41. The van der Waals surface area contributed by atoms with Gasteiger partial charge in [0.25, 0.3) is 0 Å². The second-order valence-electron chi connectivity index (χ2n) is 5.53. The number of rotatable bonds is 5. The van der Waals surface area contributed by atoms with Crippen LogP contribution in [-0.2, 0) is 6.61 Å². The number of ether oxygens (including phenoxy) is 2. The van der Waals surface area contributed by atoms with Crippen molar-refractivity contribution in [2.75, 3.05) is 0 Å². The average Bonchev–Trinajstić information content (AvgIpc) is 2.62. The molecule has 3 rings (SSSR count). The van der Waals surface area contributed by atoms with Crippen molar-refractivity contribution in [2.24, 2.45) is 0 Å². The summed E-state index contributed by atoms with van der Waals surface area (Å²) < 4.78 is 46.3. The van der Waals surface area contributed by atoms with Crippen LogP contribution in [0.15, 0.2) is 72.8 Å². The van der Waals surface area contributed by atoms with Gasteiger partial charge in [-0.3, -0.25) is 0 Å². The number of benzene rings is 3. The van der Waals surface area contributed by atoms with Crippen molar-refractivity contribution in [3.05, 3.63) is 78.4 Å². The molecule has 0 aliphatic heterocycles. The maximum atomic E-state index is 12.3. The fourth-order valence-electron chi connectivity index (χ4n) is 2.41. The minimum atomic E-state index is -4.86. The highest BCUT2D eigenvalue weighted by atomic mass is 19.4. The fraction of sp³-hybridized carbons (Fsp3) is 0.100. The lowest BCUT2D eigenvalue weighted by molar-refractivity contribution is -0.275. The summed E-state index contributed by atoms with van der Waals surface area (Å²) in [7, 11) is 0. The predicted octanol–water partition coefficient (Wildman–Crippen LogP) is 5.54. The summed E-state index contributed by atoms with van der Waals surface area (Å²) in [5.41, 5.74) is 2.26. The van der Waals surface area contributed by atoms with Gasteiger partial charge in [-0.15, -0.1) is 13.2 Å². The van der Waals surface area contributed by atoms with Crippen LogP contribution in [0.1, 0.15) is 5.56 Å². The molecule has 0 aliphatic carbocycles.